The molecule has 3 heteroatoms. The van der Waals surface area contributed by atoms with Crippen molar-refractivity contribution in [1.82, 2.24) is 10.3 Å². The Hall–Kier alpha value is -1.09. The molecule has 1 N–H and O–H groups in total. The first-order valence-electron chi connectivity index (χ1n) is 4.58. The second-order valence-corrected chi connectivity index (χ2v) is 3.32. The molecule has 0 aliphatic carbocycles. The highest BCUT2D eigenvalue weighted by Gasteiger charge is 2.16. The van der Waals surface area contributed by atoms with E-state index in [9.17, 15) is 0 Å². The summed E-state index contributed by atoms with van der Waals surface area (Å²) in [6.07, 6.45) is 0.997. The number of aromatic nitrogens is 1. The standard InChI is InChI=1S/C10H14N2O/c1-7-8-3-4-10(13-2)12-9(8)5-6-11-7/h3-4,7,11H,5-6H2,1-2H3. The largest absolute Gasteiger partial charge is 0.481 e. The van der Waals surface area contributed by atoms with Gasteiger partial charge in [0.15, 0.2) is 0 Å². The fourth-order valence-corrected chi connectivity index (χ4v) is 1.72. The van der Waals surface area contributed by atoms with Crippen molar-refractivity contribution in [3.8, 4) is 5.88 Å². The summed E-state index contributed by atoms with van der Waals surface area (Å²) in [5.41, 5.74) is 2.47. The van der Waals surface area contributed by atoms with Crippen LogP contribution in [0, 0.1) is 0 Å². The van der Waals surface area contributed by atoms with Gasteiger partial charge in [0.05, 0.1) is 12.8 Å². The molecule has 0 spiro atoms. The van der Waals surface area contributed by atoms with E-state index in [0.29, 0.717) is 11.9 Å². The van der Waals surface area contributed by atoms with Crippen LogP contribution < -0.4 is 10.1 Å². The van der Waals surface area contributed by atoms with E-state index in [1.165, 1.54) is 11.3 Å². The summed E-state index contributed by atoms with van der Waals surface area (Å²) in [5.74, 6) is 0.716. The minimum Gasteiger partial charge on any atom is -0.481 e. The molecule has 0 saturated carbocycles. The Labute approximate surface area is 78.1 Å². The Morgan fingerprint density at radius 1 is 1.54 bits per heavy atom. The number of pyridine rings is 1. The molecule has 0 radical (unpaired) electrons. The summed E-state index contributed by atoms with van der Waals surface area (Å²) in [4.78, 5) is 4.42. The maximum Gasteiger partial charge on any atom is 0.213 e. The number of methoxy groups -OCH3 is 1. The number of rotatable bonds is 1. The Morgan fingerprint density at radius 2 is 2.38 bits per heavy atom. The van der Waals surface area contributed by atoms with E-state index in [4.69, 9.17) is 4.74 Å². The van der Waals surface area contributed by atoms with Crippen LogP contribution >= 0.6 is 0 Å². The lowest BCUT2D eigenvalue weighted by Crippen LogP contribution is -2.28. The van der Waals surface area contributed by atoms with Crippen LogP contribution in [0.5, 0.6) is 5.88 Å². The minimum atomic E-state index is 0.419. The average molecular weight is 178 g/mol. The molecule has 1 aliphatic heterocycles. The van der Waals surface area contributed by atoms with E-state index < -0.39 is 0 Å². The Bertz CT molecular complexity index is 312. The molecule has 0 amide bonds. The maximum absolute atomic E-state index is 5.08. The van der Waals surface area contributed by atoms with Gasteiger partial charge in [-0.1, -0.05) is 6.07 Å². The third kappa shape index (κ3) is 1.52. The molecule has 0 saturated heterocycles. The highest BCUT2D eigenvalue weighted by molar-refractivity contribution is 5.30. The van der Waals surface area contributed by atoms with Gasteiger partial charge in [-0.15, -0.1) is 0 Å². The molecule has 1 aromatic heterocycles. The highest BCUT2D eigenvalue weighted by Crippen LogP contribution is 2.22. The monoisotopic (exact) mass is 178 g/mol. The van der Waals surface area contributed by atoms with Gasteiger partial charge in [0.1, 0.15) is 0 Å². The van der Waals surface area contributed by atoms with Crippen molar-refractivity contribution >= 4 is 0 Å². The van der Waals surface area contributed by atoms with Crippen molar-refractivity contribution in [3.05, 3.63) is 23.4 Å². The highest BCUT2D eigenvalue weighted by atomic mass is 16.5. The fourth-order valence-electron chi connectivity index (χ4n) is 1.72. The maximum atomic E-state index is 5.08. The molecule has 3 nitrogen and oxygen atoms in total. The average Bonchev–Trinajstić information content (AvgIpc) is 2.18. The van der Waals surface area contributed by atoms with Crippen LogP contribution in [-0.4, -0.2) is 18.6 Å². The van der Waals surface area contributed by atoms with E-state index >= 15 is 0 Å². The van der Waals surface area contributed by atoms with Gasteiger partial charge in [0, 0.05) is 25.1 Å². The zero-order valence-electron chi connectivity index (χ0n) is 8.00. The van der Waals surface area contributed by atoms with Gasteiger partial charge >= 0.3 is 0 Å². The number of hydrogen-bond acceptors (Lipinski definition) is 3. The van der Waals surface area contributed by atoms with E-state index in [1.54, 1.807) is 7.11 Å². The number of ether oxygens (including phenoxy) is 1. The van der Waals surface area contributed by atoms with Crippen LogP contribution in [0.1, 0.15) is 24.2 Å². The molecule has 2 rings (SSSR count). The summed E-state index contributed by atoms with van der Waals surface area (Å²) in [6.45, 7) is 3.17. The van der Waals surface area contributed by atoms with E-state index in [2.05, 4.69) is 23.3 Å². The first kappa shape index (κ1) is 8.51. The van der Waals surface area contributed by atoms with Crippen molar-refractivity contribution < 1.29 is 4.74 Å². The quantitative estimate of drug-likeness (QED) is 0.703. The normalized spacial score (nSPS) is 20.9. The zero-order chi connectivity index (χ0) is 9.26. The predicted molar refractivity (Wildman–Crippen MR) is 50.9 cm³/mol. The van der Waals surface area contributed by atoms with Gasteiger partial charge in [0.25, 0.3) is 0 Å². The third-order valence-corrected chi connectivity index (χ3v) is 2.47. The number of nitrogens with zero attached hydrogens (tertiary/aromatic N) is 1. The van der Waals surface area contributed by atoms with Crippen LogP contribution in [0.2, 0.25) is 0 Å². The van der Waals surface area contributed by atoms with Gasteiger partial charge < -0.3 is 10.1 Å². The van der Waals surface area contributed by atoms with Gasteiger partial charge in [-0.2, -0.15) is 0 Å². The first-order valence-corrected chi connectivity index (χ1v) is 4.58. The lowest BCUT2D eigenvalue weighted by molar-refractivity contribution is 0.393. The van der Waals surface area contributed by atoms with Crippen LogP contribution in [0.15, 0.2) is 12.1 Å². The first-order chi connectivity index (χ1) is 6.31. The van der Waals surface area contributed by atoms with E-state index in [-0.39, 0.29) is 0 Å². The van der Waals surface area contributed by atoms with Crippen molar-refractivity contribution in [2.45, 2.75) is 19.4 Å². The van der Waals surface area contributed by atoms with Crippen molar-refractivity contribution in [1.29, 1.82) is 0 Å². The lowest BCUT2D eigenvalue weighted by Gasteiger charge is -2.22. The van der Waals surface area contributed by atoms with Gasteiger partial charge in [-0.25, -0.2) is 4.98 Å². The molecule has 13 heavy (non-hydrogen) atoms. The Kier molecular flexibility index (Phi) is 2.19. The molecule has 0 aromatic carbocycles. The predicted octanol–water partition coefficient (Wildman–Crippen LogP) is 1.30. The van der Waals surface area contributed by atoms with Crippen LogP contribution in [0.25, 0.3) is 0 Å². The summed E-state index contributed by atoms with van der Waals surface area (Å²) >= 11 is 0. The summed E-state index contributed by atoms with van der Waals surface area (Å²) < 4.78 is 5.08. The van der Waals surface area contributed by atoms with Gasteiger partial charge in [-0.3, -0.25) is 0 Å². The lowest BCUT2D eigenvalue weighted by atomic mass is 10.0. The topological polar surface area (TPSA) is 34.1 Å². The summed E-state index contributed by atoms with van der Waals surface area (Å²) in [5, 5.41) is 3.39. The summed E-state index contributed by atoms with van der Waals surface area (Å²) in [7, 11) is 1.65. The molecule has 0 bridgehead atoms. The molecular formula is C10H14N2O. The minimum absolute atomic E-state index is 0.419. The molecule has 1 aromatic rings. The smallest absolute Gasteiger partial charge is 0.213 e. The number of fused-ring (bicyclic) bond motifs is 1. The Morgan fingerprint density at radius 3 is 3.15 bits per heavy atom. The molecule has 0 fully saturated rings. The number of nitrogens with one attached hydrogen (secondary N) is 1. The molecule has 1 aliphatic rings. The molecule has 70 valence electrons. The van der Waals surface area contributed by atoms with Crippen LogP contribution in [0.3, 0.4) is 0 Å². The fraction of sp³-hybridized carbons (Fsp3) is 0.500. The third-order valence-electron chi connectivity index (χ3n) is 2.47. The van der Waals surface area contributed by atoms with E-state index in [1.807, 2.05) is 6.07 Å². The SMILES string of the molecule is COc1ccc2c(n1)CCNC2C. The molecule has 2 heterocycles. The second-order valence-electron chi connectivity index (χ2n) is 3.32. The summed E-state index contributed by atoms with van der Waals surface area (Å²) in [6, 6.07) is 4.43. The van der Waals surface area contributed by atoms with Crippen molar-refractivity contribution in [2.24, 2.45) is 0 Å². The Balaban J connectivity index is 2.39. The van der Waals surface area contributed by atoms with Crippen molar-refractivity contribution in [3.63, 3.8) is 0 Å². The zero-order valence-corrected chi connectivity index (χ0v) is 8.00. The molecule has 1 unspecified atom stereocenters. The molecular weight excluding hydrogens is 164 g/mol. The van der Waals surface area contributed by atoms with Gasteiger partial charge in [0.2, 0.25) is 5.88 Å². The number of hydrogen-bond donors (Lipinski definition) is 1. The second kappa shape index (κ2) is 3.34. The van der Waals surface area contributed by atoms with Gasteiger partial charge in [-0.05, 0) is 12.5 Å². The van der Waals surface area contributed by atoms with Crippen LogP contribution in [-0.2, 0) is 6.42 Å². The van der Waals surface area contributed by atoms with Crippen molar-refractivity contribution in [2.75, 3.05) is 13.7 Å². The molecule has 1 atom stereocenters. The van der Waals surface area contributed by atoms with Crippen LogP contribution in [0.4, 0.5) is 0 Å². The van der Waals surface area contributed by atoms with E-state index in [0.717, 1.165) is 13.0 Å².